The third-order valence-corrected chi connectivity index (χ3v) is 4.52. The highest BCUT2D eigenvalue weighted by Crippen LogP contribution is 2.15. The van der Waals surface area contributed by atoms with E-state index in [1.54, 1.807) is 0 Å². The molecule has 0 radical (unpaired) electrons. The molecule has 0 aliphatic carbocycles. The fourth-order valence-corrected chi connectivity index (χ4v) is 3.10. The highest BCUT2D eigenvalue weighted by Gasteiger charge is 2.13. The van der Waals surface area contributed by atoms with E-state index < -0.39 is 0 Å². The van der Waals surface area contributed by atoms with Crippen LogP contribution in [0.25, 0.3) is 5.78 Å². The molecule has 0 saturated heterocycles. The fraction of sp³-hybridized carbons (Fsp3) is 0.789. The van der Waals surface area contributed by atoms with Gasteiger partial charge < -0.3 is 0 Å². The first-order valence-electron chi connectivity index (χ1n) is 9.73. The normalized spacial score (nSPS) is 11.6. The minimum atomic E-state index is 1.05. The smallest absolute Gasteiger partial charge is 0.232 e. The predicted octanol–water partition coefficient (Wildman–Crippen LogP) is 5.19. The Morgan fingerprint density at radius 1 is 0.826 bits per heavy atom. The van der Waals surface area contributed by atoms with E-state index in [1.807, 2.05) is 4.52 Å². The van der Waals surface area contributed by atoms with Crippen LogP contribution in [0.5, 0.6) is 0 Å². The average Bonchev–Trinajstić information content (AvgIpc) is 3.07. The molecule has 130 valence electrons. The summed E-state index contributed by atoms with van der Waals surface area (Å²) in [6, 6.07) is 0. The van der Waals surface area contributed by atoms with Gasteiger partial charge in [-0.25, -0.2) is 9.50 Å². The lowest BCUT2D eigenvalue weighted by Gasteiger charge is -2.06. The Hall–Kier alpha value is -1.32. The van der Waals surface area contributed by atoms with Crippen LogP contribution in [0.15, 0.2) is 6.20 Å². The maximum atomic E-state index is 4.88. The highest BCUT2D eigenvalue weighted by molar-refractivity contribution is 5.32. The number of imidazole rings is 1. The molecule has 0 aromatic carbocycles. The second kappa shape index (κ2) is 9.74. The van der Waals surface area contributed by atoms with Gasteiger partial charge in [0, 0.05) is 13.0 Å². The lowest BCUT2D eigenvalue weighted by Crippen LogP contribution is -2.05. The monoisotopic (exact) mass is 318 g/mol. The molecule has 0 amide bonds. The van der Waals surface area contributed by atoms with Crippen LogP contribution in [0.3, 0.4) is 0 Å². The van der Waals surface area contributed by atoms with Crippen LogP contribution in [-0.2, 0) is 19.4 Å². The summed E-state index contributed by atoms with van der Waals surface area (Å²) in [6.07, 6.45) is 15.6. The van der Waals surface area contributed by atoms with Gasteiger partial charge in [-0.2, -0.15) is 5.10 Å². The van der Waals surface area contributed by atoms with E-state index in [2.05, 4.69) is 31.5 Å². The van der Waals surface area contributed by atoms with Crippen LogP contribution in [0, 0.1) is 0 Å². The maximum Gasteiger partial charge on any atom is 0.232 e. The van der Waals surface area contributed by atoms with Crippen LogP contribution in [0.2, 0.25) is 0 Å². The van der Waals surface area contributed by atoms with Crippen LogP contribution >= 0.6 is 0 Å². The molecular weight excluding hydrogens is 284 g/mol. The van der Waals surface area contributed by atoms with Crippen molar-refractivity contribution in [1.82, 2.24) is 19.2 Å². The van der Waals surface area contributed by atoms with Gasteiger partial charge in [0.1, 0.15) is 5.82 Å². The fourth-order valence-electron chi connectivity index (χ4n) is 3.10. The molecule has 2 aromatic heterocycles. The van der Waals surface area contributed by atoms with E-state index in [9.17, 15) is 0 Å². The molecule has 4 nitrogen and oxygen atoms in total. The molecule has 0 atom stereocenters. The van der Waals surface area contributed by atoms with Crippen molar-refractivity contribution in [2.45, 2.75) is 97.9 Å². The second-order valence-corrected chi connectivity index (χ2v) is 6.67. The van der Waals surface area contributed by atoms with Gasteiger partial charge in [0.15, 0.2) is 0 Å². The summed E-state index contributed by atoms with van der Waals surface area (Å²) in [5.41, 5.74) is 1.20. The largest absolute Gasteiger partial charge is 0.297 e. The van der Waals surface area contributed by atoms with Crippen LogP contribution in [0.1, 0.15) is 90.1 Å². The topological polar surface area (TPSA) is 35.1 Å². The summed E-state index contributed by atoms with van der Waals surface area (Å²) in [5.74, 6) is 2.27. The molecule has 0 unspecified atom stereocenters. The first kappa shape index (κ1) is 18.0. The number of hydrogen-bond acceptors (Lipinski definition) is 2. The van der Waals surface area contributed by atoms with Gasteiger partial charge in [-0.15, -0.1) is 0 Å². The van der Waals surface area contributed by atoms with E-state index in [1.165, 1.54) is 69.3 Å². The van der Waals surface area contributed by atoms with Gasteiger partial charge in [-0.3, -0.25) is 4.57 Å². The van der Waals surface area contributed by atoms with E-state index >= 15 is 0 Å². The van der Waals surface area contributed by atoms with Crippen molar-refractivity contribution < 1.29 is 0 Å². The van der Waals surface area contributed by atoms with Crippen molar-refractivity contribution in [3.05, 3.63) is 17.7 Å². The first-order chi connectivity index (χ1) is 11.3. The highest BCUT2D eigenvalue weighted by atomic mass is 15.4. The summed E-state index contributed by atoms with van der Waals surface area (Å²) < 4.78 is 4.39. The predicted molar refractivity (Wildman–Crippen MR) is 97.0 cm³/mol. The third-order valence-electron chi connectivity index (χ3n) is 4.52. The molecular formula is C19H34N4. The van der Waals surface area contributed by atoms with Crippen molar-refractivity contribution >= 4 is 5.78 Å². The first-order valence-corrected chi connectivity index (χ1v) is 9.73. The van der Waals surface area contributed by atoms with Gasteiger partial charge in [0.25, 0.3) is 0 Å². The van der Waals surface area contributed by atoms with E-state index in [4.69, 9.17) is 10.1 Å². The minimum absolute atomic E-state index is 1.05. The number of unbranched alkanes of at least 4 members (excludes halogenated alkanes) is 6. The zero-order valence-corrected chi connectivity index (χ0v) is 15.4. The standard InChI is InChI=1S/C19H34N4/c1-4-7-10-13-17-16-23-19(20-17)22(15-12-9-6-3)18(21-23)14-11-8-5-2/h16H,4-15H2,1-3H3. The zero-order valence-electron chi connectivity index (χ0n) is 15.4. The molecule has 0 saturated carbocycles. The Labute approximate surface area is 141 Å². The van der Waals surface area contributed by atoms with E-state index in [0.29, 0.717) is 0 Å². The molecule has 0 N–H and O–H groups in total. The number of aromatic nitrogens is 4. The van der Waals surface area contributed by atoms with Gasteiger partial charge in [0.2, 0.25) is 5.78 Å². The Bertz CT molecular complexity index is 567. The Kier molecular flexibility index (Phi) is 7.63. The van der Waals surface area contributed by atoms with Crippen molar-refractivity contribution in [2.24, 2.45) is 0 Å². The average molecular weight is 319 g/mol. The summed E-state index contributed by atoms with van der Waals surface area (Å²) in [6.45, 7) is 7.82. The quantitative estimate of drug-likeness (QED) is 0.505. The number of hydrogen-bond donors (Lipinski definition) is 0. The van der Waals surface area contributed by atoms with Gasteiger partial charge in [-0.05, 0) is 25.7 Å². The molecule has 0 fully saturated rings. The summed E-state index contributed by atoms with van der Waals surface area (Å²) >= 11 is 0. The SMILES string of the molecule is CCCCCc1cn2nc(CCCCC)n(CCCCC)c2n1. The van der Waals surface area contributed by atoms with Crippen molar-refractivity contribution in [1.29, 1.82) is 0 Å². The van der Waals surface area contributed by atoms with E-state index in [-0.39, 0.29) is 0 Å². The Balaban J connectivity index is 2.12. The summed E-state index contributed by atoms with van der Waals surface area (Å²) in [5, 5.41) is 4.83. The van der Waals surface area contributed by atoms with Gasteiger partial charge in [0.05, 0.1) is 11.9 Å². The number of nitrogens with zero attached hydrogens (tertiary/aromatic N) is 4. The minimum Gasteiger partial charge on any atom is -0.297 e. The molecule has 0 bridgehead atoms. The maximum absolute atomic E-state index is 4.88. The van der Waals surface area contributed by atoms with Crippen LogP contribution in [-0.4, -0.2) is 19.2 Å². The molecule has 0 aliphatic rings. The number of rotatable bonds is 12. The van der Waals surface area contributed by atoms with Crippen LogP contribution < -0.4 is 0 Å². The molecule has 0 aliphatic heterocycles. The van der Waals surface area contributed by atoms with Crippen LogP contribution in [0.4, 0.5) is 0 Å². The number of aryl methyl sites for hydroxylation is 3. The molecule has 4 heteroatoms. The Morgan fingerprint density at radius 3 is 2.17 bits per heavy atom. The van der Waals surface area contributed by atoms with Crippen molar-refractivity contribution in [2.75, 3.05) is 0 Å². The zero-order chi connectivity index (χ0) is 16.5. The van der Waals surface area contributed by atoms with Gasteiger partial charge >= 0.3 is 0 Å². The van der Waals surface area contributed by atoms with Crippen molar-refractivity contribution in [3.8, 4) is 0 Å². The Morgan fingerprint density at radius 2 is 1.48 bits per heavy atom. The third kappa shape index (κ3) is 5.08. The summed E-state index contributed by atoms with van der Waals surface area (Å²) in [4.78, 5) is 4.88. The van der Waals surface area contributed by atoms with Crippen molar-refractivity contribution in [3.63, 3.8) is 0 Å². The number of fused-ring (bicyclic) bond motifs is 1. The summed E-state index contributed by atoms with van der Waals surface area (Å²) in [7, 11) is 0. The molecule has 2 rings (SSSR count). The molecule has 23 heavy (non-hydrogen) atoms. The molecule has 0 spiro atoms. The lowest BCUT2D eigenvalue weighted by atomic mass is 10.2. The second-order valence-electron chi connectivity index (χ2n) is 6.67. The molecule has 2 aromatic rings. The van der Waals surface area contributed by atoms with E-state index in [0.717, 1.165) is 25.2 Å². The lowest BCUT2D eigenvalue weighted by molar-refractivity contribution is 0.575. The van der Waals surface area contributed by atoms with Gasteiger partial charge in [-0.1, -0.05) is 59.3 Å². The molecule has 2 heterocycles.